The van der Waals surface area contributed by atoms with Gasteiger partial charge in [-0.2, -0.15) is 5.10 Å². The third-order valence-corrected chi connectivity index (χ3v) is 4.45. The van der Waals surface area contributed by atoms with Crippen molar-refractivity contribution in [1.29, 1.82) is 0 Å². The fourth-order valence-corrected chi connectivity index (χ4v) is 3.06. The van der Waals surface area contributed by atoms with E-state index in [1.54, 1.807) is 7.11 Å². The quantitative estimate of drug-likeness (QED) is 0.717. The minimum Gasteiger partial charge on any atom is -0.497 e. The summed E-state index contributed by atoms with van der Waals surface area (Å²) in [6.07, 6.45) is 0. The van der Waals surface area contributed by atoms with Crippen LogP contribution in [-0.4, -0.2) is 25.3 Å². The number of nitrogens with zero attached hydrogens (tertiary/aromatic N) is 2. The lowest BCUT2D eigenvalue weighted by atomic mass is 10.0. The van der Waals surface area contributed by atoms with E-state index in [4.69, 9.17) is 14.5 Å². The molecule has 0 amide bonds. The fraction of sp³-hybridized carbons (Fsp3) is 0.130. The molecule has 1 heterocycles. The molecule has 5 nitrogen and oxygen atoms in total. The first kappa shape index (κ1) is 17.8. The van der Waals surface area contributed by atoms with Gasteiger partial charge in [-0.05, 0) is 49.4 Å². The molecule has 1 aliphatic heterocycles. The first-order valence-corrected chi connectivity index (χ1v) is 9.18. The summed E-state index contributed by atoms with van der Waals surface area (Å²) in [5.74, 6) is 2.30. The molecular weight excluding hydrogens is 350 g/mol. The summed E-state index contributed by atoms with van der Waals surface area (Å²) in [6.45, 7) is 2.61. The Balaban J connectivity index is 1.81. The Morgan fingerprint density at radius 2 is 1.61 bits per heavy atom. The van der Waals surface area contributed by atoms with Crippen LogP contribution in [0.2, 0.25) is 0 Å². The largest absolute Gasteiger partial charge is 0.497 e. The Morgan fingerprint density at radius 3 is 2.32 bits per heavy atom. The van der Waals surface area contributed by atoms with Gasteiger partial charge >= 0.3 is 0 Å². The van der Waals surface area contributed by atoms with E-state index in [1.807, 2.05) is 79.7 Å². The van der Waals surface area contributed by atoms with Crippen molar-refractivity contribution in [3.8, 4) is 11.5 Å². The number of rotatable bonds is 5. The van der Waals surface area contributed by atoms with E-state index >= 15 is 0 Å². The second-order valence-electron chi connectivity index (χ2n) is 6.24. The van der Waals surface area contributed by atoms with Gasteiger partial charge in [0, 0.05) is 16.7 Å². The standard InChI is InChI=1S/C23H21N3O2/c1-3-28-18-11-9-16(10-12-18)22-20-15-19(27-2)13-14-21(20)24-23(26-25-22)17-7-5-4-6-8-17/h4-15H,3H2,1-2H3,(H,24,26). The van der Waals surface area contributed by atoms with Crippen molar-refractivity contribution in [3.05, 3.63) is 89.5 Å². The van der Waals surface area contributed by atoms with Crippen LogP contribution in [0.5, 0.6) is 11.5 Å². The molecule has 0 radical (unpaired) electrons. The number of benzene rings is 3. The molecule has 0 spiro atoms. The first-order chi connectivity index (χ1) is 13.8. The highest BCUT2D eigenvalue weighted by Crippen LogP contribution is 2.30. The Kier molecular flexibility index (Phi) is 5.06. The van der Waals surface area contributed by atoms with Gasteiger partial charge in [-0.1, -0.05) is 30.3 Å². The molecule has 0 fully saturated rings. The Morgan fingerprint density at radius 1 is 0.857 bits per heavy atom. The zero-order valence-electron chi connectivity index (χ0n) is 15.8. The molecule has 3 aromatic rings. The lowest BCUT2D eigenvalue weighted by Crippen LogP contribution is -2.19. The topological polar surface area (TPSA) is 55.2 Å². The van der Waals surface area contributed by atoms with Crippen molar-refractivity contribution in [3.63, 3.8) is 0 Å². The predicted molar refractivity (Wildman–Crippen MR) is 112 cm³/mol. The number of hydrogen-bond acceptors (Lipinski definition) is 5. The Labute approximate surface area is 164 Å². The third kappa shape index (κ3) is 3.60. The fourth-order valence-electron chi connectivity index (χ4n) is 3.06. The zero-order valence-corrected chi connectivity index (χ0v) is 15.8. The summed E-state index contributed by atoms with van der Waals surface area (Å²) in [5.41, 5.74) is 7.61. The minimum absolute atomic E-state index is 0.635. The molecule has 0 saturated carbocycles. The van der Waals surface area contributed by atoms with E-state index < -0.39 is 0 Å². The highest BCUT2D eigenvalue weighted by Gasteiger charge is 2.18. The molecule has 0 unspecified atom stereocenters. The van der Waals surface area contributed by atoms with E-state index in [2.05, 4.69) is 10.5 Å². The van der Waals surface area contributed by atoms with Crippen LogP contribution >= 0.6 is 0 Å². The van der Waals surface area contributed by atoms with Crippen molar-refractivity contribution >= 4 is 17.2 Å². The van der Waals surface area contributed by atoms with Crippen molar-refractivity contribution in [2.45, 2.75) is 6.92 Å². The molecule has 3 aromatic carbocycles. The molecule has 0 aliphatic carbocycles. The summed E-state index contributed by atoms with van der Waals surface area (Å²) in [7, 11) is 1.66. The van der Waals surface area contributed by atoms with Crippen molar-refractivity contribution < 1.29 is 9.47 Å². The van der Waals surface area contributed by atoms with Crippen LogP contribution in [0.15, 0.2) is 82.9 Å². The molecule has 4 rings (SSSR count). The van der Waals surface area contributed by atoms with Crippen molar-refractivity contribution in [2.24, 2.45) is 10.1 Å². The van der Waals surface area contributed by atoms with Crippen molar-refractivity contribution in [1.82, 2.24) is 5.43 Å². The van der Waals surface area contributed by atoms with Gasteiger partial charge in [0.25, 0.3) is 0 Å². The Hall–Kier alpha value is -3.60. The summed E-state index contributed by atoms with van der Waals surface area (Å²) < 4.78 is 11.0. The van der Waals surface area contributed by atoms with Gasteiger partial charge in [0.15, 0.2) is 5.84 Å². The predicted octanol–water partition coefficient (Wildman–Crippen LogP) is 4.53. The van der Waals surface area contributed by atoms with Gasteiger partial charge in [0.2, 0.25) is 0 Å². The number of hydrogen-bond donors (Lipinski definition) is 1. The van der Waals surface area contributed by atoms with Gasteiger partial charge in [0.05, 0.1) is 19.4 Å². The maximum absolute atomic E-state index is 5.56. The maximum atomic E-state index is 5.56. The molecular formula is C23H21N3O2. The molecule has 1 N–H and O–H groups in total. The monoisotopic (exact) mass is 371 g/mol. The average molecular weight is 371 g/mol. The van der Waals surface area contributed by atoms with Crippen LogP contribution in [0, 0.1) is 0 Å². The number of methoxy groups -OCH3 is 1. The SMILES string of the molecule is CCOc1ccc(C2=NNC(c3ccccc3)=Nc3ccc(OC)cc32)cc1. The molecule has 140 valence electrons. The molecule has 0 aromatic heterocycles. The van der Waals surface area contributed by atoms with Gasteiger partial charge in [0.1, 0.15) is 17.2 Å². The smallest absolute Gasteiger partial charge is 0.154 e. The van der Waals surface area contributed by atoms with Crippen LogP contribution in [0.1, 0.15) is 23.6 Å². The second-order valence-corrected chi connectivity index (χ2v) is 6.24. The molecule has 0 atom stereocenters. The van der Waals surface area contributed by atoms with Crippen LogP contribution in [0.3, 0.4) is 0 Å². The number of fused-ring (bicyclic) bond motifs is 1. The lowest BCUT2D eigenvalue weighted by molar-refractivity contribution is 0.340. The van der Waals surface area contributed by atoms with Crippen LogP contribution in [-0.2, 0) is 0 Å². The zero-order chi connectivity index (χ0) is 19.3. The van der Waals surface area contributed by atoms with Gasteiger partial charge in [-0.25, -0.2) is 4.99 Å². The van der Waals surface area contributed by atoms with E-state index in [-0.39, 0.29) is 0 Å². The van der Waals surface area contributed by atoms with Gasteiger partial charge in [-0.3, -0.25) is 5.43 Å². The first-order valence-electron chi connectivity index (χ1n) is 9.18. The number of aliphatic imine (C=N–C) groups is 1. The second kappa shape index (κ2) is 7.96. The number of amidine groups is 1. The summed E-state index contributed by atoms with van der Waals surface area (Å²) in [4.78, 5) is 4.82. The molecule has 28 heavy (non-hydrogen) atoms. The highest BCUT2D eigenvalue weighted by molar-refractivity contribution is 6.18. The lowest BCUT2D eigenvalue weighted by Gasteiger charge is -2.10. The maximum Gasteiger partial charge on any atom is 0.154 e. The van der Waals surface area contributed by atoms with Gasteiger partial charge < -0.3 is 9.47 Å². The molecule has 5 heteroatoms. The number of hydrazone groups is 1. The summed E-state index contributed by atoms with van der Waals surface area (Å²) in [5, 5.41) is 4.68. The van der Waals surface area contributed by atoms with Crippen LogP contribution in [0.25, 0.3) is 0 Å². The minimum atomic E-state index is 0.635. The molecule has 0 bridgehead atoms. The average Bonchev–Trinajstić information content (AvgIpc) is 2.94. The van der Waals surface area contributed by atoms with E-state index in [1.165, 1.54) is 0 Å². The highest BCUT2D eigenvalue weighted by atomic mass is 16.5. The summed E-state index contributed by atoms with van der Waals surface area (Å²) >= 11 is 0. The molecule has 0 saturated heterocycles. The normalized spacial score (nSPS) is 12.8. The van der Waals surface area contributed by atoms with Gasteiger partial charge in [-0.15, -0.1) is 0 Å². The van der Waals surface area contributed by atoms with E-state index in [0.29, 0.717) is 12.4 Å². The molecule has 1 aliphatic rings. The van der Waals surface area contributed by atoms with E-state index in [0.717, 1.165) is 39.6 Å². The number of nitrogens with one attached hydrogen (secondary N) is 1. The third-order valence-electron chi connectivity index (χ3n) is 4.45. The van der Waals surface area contributed by atoms with E-state index in [9.17, 15) is 0 Å². The Bertz CT molecular complexity index is 1030. The van der Waals surface area contributed by atoms with Crippen LogP contribution in [0.4, 0.5) is 5.69 Å². The van der Waals surface area contributed by atoms with Crippen LogP contribution < -0.4 is 14.9 Å². The summed E-state index contributed by atoms with van der Waals surface area (Å²) in [6, 6.07) is 23.7. The van der Waals surface area contributed by atoms with Crippen molar-refractivity contribution in [2.75, 3.05) is 13.7 Å². The number of ether oxygens (including phenoxy) is 2.